The van der Waals surface area contributed by atoms with Crippen molar-refractivity contribution >= 4 is 39.3 Å². The van der Waals surface area contributed by atoms with Crippen LogP contribution in [0, 0.1) is 5.92 Å². The molecule has 1 aliphatic carbocycles. The van der Waals surface area contributed by atoms with Crippen molar-refractivity contribution in [2.75, 3.05) is 30.9 Å². The molecule has 0 unspecified atom stereocenters. The average molecular weight is 587 g/mol. The Morgan fingerprint density at radius 2 is 1.55 bits per heavy atom. The summed E-state index contributed by atoms with van der Waals surface area (Å²) in [6.07, 6.45) is 4.46. The van der Waals surface area contributed by atoms with Crippen LogP contribution in [-0.2, 0) is 6.54 Å². The zero-order valence-corrected chi connectivity index (χ0v) is 25.9. The molecule has 6 rings (SSSR count). The van der Waals surface area contributed by atoms with Crippen LogP contribution in [0.15, 0.2) is 91.0 Å². The second-order valence-electron chi connectivity index (χ2n) is 12.2. The summed E-state index contributed by atoms with van der Waals surface area (Å²) in [6.45, 7) is 3.66. The second-order valence-corrected chi connectivity index (χ2v) is 12.2. The van der Waals surface area contributed by atoms with Crippen molar-refractivity contribution in [1.82, 2.24) is 20.6 Å². The van der Waals surface area contributed by atoms with Crippen LogP contribution < -0.4 is 20.9 Å². The van der Waals surface area contributed by atoms with Crippen molar-refractivity contribution in [2.45, 2.75) is 51.2 Å². The third-order valence-electron chi connectivity index (χ3n) is 8.83. The monoisotopic (exact) mass is 586 g/mol. The molecule has 0 bridgehead atoms. The van der Waals surface area contributed by atoms with E-state index in [-0.39, 0.29) is 11.9 Å². The number of hydrogen-bond acceptors (Lipinski definition) is 6. The summed E-state index contributed by atoms with van der Waals surface area (Å²) in [6, 6.07) is 30.9. The van der Waals surface area contributed by atoms with E-state index in [4.69, 9.17) is 9.97 Å². The number of para-hydroxylation sites is 1. The van der Waals surface area contributed by atoms with Gasteiger partial charge in [0, 0.05) is 37.6 Å². The lowest BCUT2D eigenvalue weighted by Gasteiger charge is -2.29. The van der Waals surface area contributed by atoms with Crippen LogP contribution in [0.1, 0.15) is 60.1 Å². The van der Waals surface area contributed by atoms with Gasteiger partial charge in [-0.05, 0) is 85.2 Å². The molecule has 4 aromatic carbocycles. The van der Waals surface area contributed by atoms with E-state index in [1.807, 2.05) is 67.5 Å². The van der Waals surface area contributed by atoms with Gasteiger partial charge in [0.2, 0.25) is 5.95 Å². The summed E-state index contributed by atoms with van der Waals surface area (Å²) in [5.41, 5.74) is 3.84. The van der Waals surface area contributed by atoms with Crippen LogP contribution in [0.2, 0.25) is 0 Å². The molecular formula is C37H42N6O. The number of aromatic nitrogens is 2. The van der Waals surface area contributed by atoms with Gasteiger partial charge in [0.05, 0.1) is 11.6 Å². The fraction of sp³-hybridized carbons (Fsp3) is 0.324. The van der Waals surface area contributed by atoms with Gasteiger partial charge < -0.3 is 20.9 Å². The molecule has 1 aliphatic rings. The summed E-state index contributed by atoms with van der Waals surface area (Å²) in [4.78, 5) is 25.1. The number of carbonyl (C=O) groups excluding carboxylic acids is 1. The van der Waals surface area contributed by atoms with Crippen molar-refractivity contribution in [1.29, 1.82) is 0 Å². The first-order valence-electron chi connectivity index (χ1n) is 15.7. The predicted octanol–water partition coefficient (Wildman–Crippen LogP) is 7.10. The molecule has 1 aromatic heterocycles. The molecule has 226 valence electrons. The van der Waals surface area contributed by atoms with E-state index >= 15 is 0 Å². The molecule has 1 saturated carbocycles. The highest BCUT2D eigenvalue weighted by Crippen LogP contribution is 2.29. The van der Waals surface area contributed by atoms with Gasteiger partial charge in [-0.25, -0.2) is 4.98 Å². The van der Waals surface area contributed by atoms with Crippen molar-refractivity contribution in [2.24, 2.45) is 5.92 Å². The lowest BCUT2D eigenvalue weighted by molar-refractivity contribution is 0.0939. The van der Waals surface area contributed by atoms with E-state index in [9.17, 15) is 4.79 Å². The van der Waals surface area contributed by atoms with Crippen LogP contribution in [0.25, 0.3) is 21.7 Å². The molecule has 1 atom stereocenters. The van der Waals surface area contributed by atoms with Crippen molar-refractivity contribution in [3.8, 4) is 0 Å². The molecule has 0 saturated heterocycles. The summed E-state index contributed by atoms with van der Waals surface area (Å²) in [5.74, 6) is 2.21. The number of rotatable bonds is 10. The Labute approximate surface area is 260 Å². The Morgan fingerprint density at radius 1 is 0.841 bits per heavy atom. The van der Waals surface area contributed by atoms with E-state index in [0.29, 0.717) is 24.5 Å². The lowest BCUT2D eigenvalue weighted by atomic mass is 9.86. The maximum absolute atomic E-state index is 13.4. The number of nitrogens with one attached hydrogen (secondary N) is 3. The largest absolute Gasteiger partial charge is 0.362 e. The van der Waals surface area contributed by atoms with E-state index in [1.54, 1.807) is 0 Å². The zero-order chi connectivity index (χ0) is 30.5. The molecule has 0 radical (unpaired) electrons. The van der Waals surface area contributed by atoms with Gasteiger partial charge in [-0.15, -0.1) is 0 Å². The highest BCUT2D eigenvalue weighted by atomic mass is 16.1. The van der Waals surface area contributed by atoms with Crippen LogP contribution in [0.3, 0.4) is 0 Å². The molecule has 1 heterocycles. The molecule has 3 N–H and O–H groups in total. The number of fused-ring (bicyclic) bond motifs is 2. The van der Waals surface area contributed by atoms with Gasteiger partial charge in [0.15, 0.2) is 0 Å². The second kappa shape index (κ2) is 13.4. The Morgan fingerprint density at radius 3 is 2.36 bits per heavy atom. The topological polar surface area (TPSA) is 82.2 Å². The summed E-state index contributed by atoms with van der Waals surface area (Å²) < 4.78 is 0. The van der Waals surface area contributed by atoms with Crippen LogP contribution in [0.4, 0.5) is 11.8 Å². The smallest absolute Gasteiger partial charge is 0.252 e. The summed E-state index contributed by atoms with van der Waals surface area (Å²) in [7, 11) is 4.04. The molecule has 7 heteroatoms. The van der Waals surface area contributed by atoms with E-state index in [0.717, 1.165) is 65.6 Å². The van der Waals surface area contributed by atoms with Crippen molar-refractivity contribution in [3.05, 3.63) is 108 Å². The molecule has 7 nitrogen and oxygen atoms in total. The van der Waals surface area contributed by atoms with Gasteiger partial charge in [-0.1, -0.05) is 72.8 Å². The molecule has 1 fully saturated rings. The SMILES string of the molecule is C[C@H](NC(=O)c1ccccc1CNC[C@H]1CC[C@@H](Nc2nc(N(C)C)c3ccccc3n2)CC1)c1cccc2ccccc12. The fourth-order valence-corrected chi connectivity index (χ4v) is 6.45. The Kier molecular flexibility index (Phi) is 9.03. The summed E-state index contributed by atoms with van der Waals surface area (Å²) >= 11 is 0. The number of hydrogen-bond donors (Lipinski definition) is 3. The van der Waals surface area contributed by atoms with Crippen LogP contribution >= 0.6 is 0 Å². The standard InChI is InChI=1S/C37H42N6O/c1-25(30-17-10-13-27-11-4-6-14-31(27)30)39-36(44)32-15-7-5-12-28(32)24-38-23-26-19-21-29(22-20-26)40-37-41-34-18-9-8-16-33(34)35(42-37)43(2)3/h4-18,25-26,29,38H,19-24H2,1-3H3,(H,39,44)(H,40,41,42)/t25-,26-,29+/m0/s1. The summed E-state index contributed by atoms with van der Waals surface area (Å²) in [5, 5.41) is 13.9. The minimum atomic E-state index is -0.104. The Balaban J connectivity index is 1.01. The first kappa shape index (κ1) is 29.6. The highest BCUT2D eigenvalue weighted by Gasteiger charge is 2.23. The first-order chi connectivity index (χ1) is 21.5. The van der Waals surface area contributed by atoms with Gasteiger partial charge in [0.25, 0.3) is 5.91 Å². The van der Waals surface area contributed by atoms with Gasteiger partial charge in [0.1, 0.15) is 5.82 Å². The fourth-order valence-electron chi connectivity index (χ4n) is 6.45. The number of carbonyl (C=O) groups is 1. The molecule has 1 amide bonds. The van der Waals surface area contributed by atoms with E-state index in [1.165, 1.54) is 10.8 Å². The highest BCUT2D eigenvalue weighted by molar-refractivity contribution is 5.96. The van der Waals surface area contributed by atoms with Crippen LogP contribution in [0.5, 0.6) is 0 Å². The molecule has 5 aromatic rings. The van der Waals surface area contributed by atoms with Gasteiger partial charge >= 0.3 is 0 Å². The maximum Gasteiger partial charge on any atom is 0.252 e. The number of nitrogens with zero attached hydrogens (tertiary/aromatic N) is 3. The molecular weight excluding hydrogens is 544 g/mol. The lowest BCUT2D eigenvalue weighted by Crippen LogP contribution is -2.32. The van der Waals surface area contributed by atoms with Crippen LogP contribution in [-0.4, -0.2) is 42.6 Å². The molecule has 44 heavy (non-hydrogen) atoms. The third-order valence-corrected chi connectivity index (χ3v) is 8.83. The Bertz CT molecular complexity index is 1740. The molecule has 0 spiro atoms. The first-order valence-corrected chi connectivity index (χ1v) is 15.7. The van der Waals surface area contributed by atoms with Gasteiger partial charge in [-0.3, -0.25) is 4.79 Å². The predicted molar refractivity (Wildman–Crippen MR) is 181 cm³/mol. The van der Waals surface area contributed by atoms with E-state index < -0.39 is 0 Å². The Hall–Kier alpha value is -4.49. The average Bonchev–Trinajstić information content (AvgIpc) is 3.05. The number of benzene rings is 4. The number of anilines is 2. The quantitative estimate of drug-likeness (QED) is 0.162. The minimum absolute atomic E-state index is 0.0391. The maximum atomic E-state index is 13.4. The van der Waals surface area contributed by atoms with Gasteiger partial charge in [-0.2, -0.15) is 4.98 Å². The molecule has 0 aliphatic heterocycles. The third kappa shape index (κ3) is 6.68. The normalized spacial score (nSPS) is 17.3. The van der Waals surface area contributed by atoms with E-state index in [2.05, 4.69) is 65.3 Å². The van der Waals surface area contributed by atoms with Crippen molar-refractivity contribution in [3.63, 3.8) is 0 Å². The number of amides is 1. The zero-order valence-electron chi connectivity index (χ0n) is 25.9. The minimum Gasteiger partial charge on any atom is -0.362 e. The van der Waals surface area contributed by atoms with Crippen molar-refractivity contribution < 1.29 is 4.79 Å².